The Morgan fingerprint density at radius 3 is 2.89 bits per heavy atom. The summed E-state index contributed by atoms with van der Waals surface area (Å²) in [5.74, 6) is 0.762. The van der Waals surface area contributed by atoms with Crippen LogP contribution in [0.4, 0.5) is 0 Å². The van der Waals surface area contributed by atoms with E-state index in [1.54, 1.807) is 11.1 Å². The van der Waals surface area contributed by atoms with Gasteiger partial charge in [-0.1, -0.05) is 11.6 Å². The van der Waals surface area contributed by atoms with Crippen LogP contribution in [0.5, 0.6) is 5.75 Å². The largest absolute Gasteiger partial charge is 0.489 e. The molecule has 142 valence electrons. The van der Waals surface area contributed by atoms with Crippen molar-refractivity contribution in [3.05, 3.63) is 68.6 Å². The van der Waals surface area contributed by atoms with Crippen molar-refractivity contribution in [3.63, 3.8) is 0 Å². The number of aryl methyl sites for hydroxylation is 2. The van der Waals surface area contributed by atoms with Crippen LogP contribution in [-0.2, 0) is 19.7 Å². The summed E-state index contributed by atoms with van der Waals surface area (Å²) in [7, 11) is 1.81. The van der Waals surface area contributed by atoms with Gasteiger partial charge in [-0.15, -0.1) is 11.3 Å². The molecule has 1 aromatic carbocycles. The quantitative estimate of drug-likeness (QED) is 0.570. The van der Waals surface area contributed by atoms with Gasteiger partial charge < -0.3 is 9.64 Å². The van der Waals surface area contributed by atoms with Gasteiger partial charge in [0.25, 0.3) is 5.91 Å². The van der Waals surface area contributed by atoms with Gasteiger partial charge in [0, 0.05) is 30.4 Å². The topological polar surface area (TPSA) is 47.4 Å². The molecule has 0 unspecified atom stereocenters. The molecule has 0 fully saturated rings. The Bertz CT molecular complexity index is 935. The van der Waals surface area contributed by atoms with E-state index < -0.39 is 0 Å². The average Bonchev–Trinajstić information content (AvgIpc) is 3.31. The predicted octanol–water partition coefficient (Wildman–Crippen LogP) is 4.78. The molecule has 3 rings (SSSR count). The third kappa shape index (κ3) is 4.70. The van der Waals surface area contributed by atoms with E-state index >= 15 is 0 Å². The summed E-state index contributed by atoms with van der Waals surface area (Å²) in [5, 5.41) is 6.92. The lowest BCUT2D eigenvalue weighted by Crippen LogP contribution is -2.26. The summed E-state index contributed by atoms with van der Waals surface area (Å²) in [6, 6.07) is 9.41. The maximum Gasteiger partial charge on any atom is 0.264 e. The minimum absolute atomic E-state index is 0.00237. The van der Waals surface area contributed by atoms with E-state index in [0.29, 0.717) is 18.0 Å². The smallest absolute Gasteiger partial charge is 0.264 e. The average molecular weight is 404 g/mol. The normalized spacial score (nSPS) is 10.8. The first kappa shape index (κ1) is 19.5. The van der Waals surface area contributed by atoms with Crippen LogP contribution in [0.1, 0.15) is 33.4 Å². The van der Waals surface area contributed by atoms with Crippen LogP contribution in [0.25, 0.3) is 0 Å². The zero-order valence-electron chi connectivity index (χ0n) is 15.6. The fourth-order valence-electron chi connectivity index (χ4n) is 2.72. The van der Waals surface area contributed by atoms with E-state index in [0.717, 1.165) is 34.1 Å². The van der Waals surface area contributed by atoms with Crippen LogP contribution in [0.3, 0.4) is 0 Å². The summed E-state index contributed by atoms with van der Waals surface area (Å²) in [4.78, 5) is 15.1. The van der Waals surface area contributed by atoms with Gasteiger partial charge in [-0.3, -0.25) is 9.48 Å². The van der Waals surface area contributed by atoms with Crippen LogP contribution in [0.15, 0.2) is 41.9 Å². The van der Waals surface area contributed by atoms with Crippen molar-refractivity contribution in [2.45, 2.75) is 33.5 Å². The van der Waals surface area contributed by atoms with E-state index in [9.17, 15) is 4.79 Å². The minimum atomic E-state index is -0.00237. The SMILES string of the molecule is CCn1nccc1CN(C)C(=O)c1cc(COc2ccc(Cl)c(C)c2)cs1. The standard InChI is InChI=1S/C20H22ClN3O2S/c1-4-24-16(7-8-22-24)11-23(3)20(25)19-10-15(13-27-19)12-26-17-5-6-18(21)14(2)9-17/h5-10,13H,4,11-12H2,1-3H3. The summed E-state index contributed by atoms with van der Waals surface area (Å²) in [6.45, 7) is 5.70. The maximum atomic E-state index is 12.7. The highest BCUT2D eigenvalue weighted by Gasteiger charge is 2.16. The van der Waals surface area contributed by atoms with Crippen molar-refractivity contribution >= 4 is 28.8 Å². The molecule has 2 aromatic heterocycles. The Morgan fingerprint density at radius 1 is 1.33 bits per heavy atom. The van der Waals surface area contributed by atoms with Crippen molar-refractivity contribution in [3.8, 4) is 5.75 Å². The molecule has 0 aliphatic rings. The number of carbonyl (C=O) groups is 1. The fraction of sp³-hybridized carbons (Fsp3) is 0.300. The molecule has 0 saturated heterocycles. The Hall–Kier alpha value is -2.31. The van der Waals surface area contributed by atoms with E-state index in [2.05, 4.69) is 5.10 Å². The van der Waals surface area contributed by atoms with E-state index in [-0.39, 0.29) is 5.91 Å². The number of hydrogen-bond donors (Lipinski definition) is 0. The van der Waals surface area contributed by atoms with Crippen LogP contribution >= 0.6 is 22.9 Å². The number of carbonyl (C=O) groups excluding carboxylic acids is 1. The van der Waals surface area contributed by atoms with Crippen molar-refractivity contribution in [1.29, 1.82) is 0 Å². The van der Waals surface area contributed by atoms with Crippen molar-refractivity contribution in [2.24, 2.45) is 0 Å². The number of halogens is 1. The number of aromatic nitrogens is 2. The highest BCUT2D eigenvalue weighted by atomic mass is 35.5. The molecular formula is C20H22ClN3O2S. The molecule has 0 saturated carbocycles. The molecule has 0 atom stereocenters. The number of benzene rings is 1. The van der Waals surface area contributed by atoms with Crippen LogP contribution < -0.4 is 4.74 Å². The molecule has 0 aliphatic heterocycles. The number of rotatable bonds is 7. The summed E-state index contributed by atoms with van der Waals surface area (Å²) in [6.07, 6.45) is 1.76. The third-order valence-corrected chi connectivity index (χ3v) is 5.64. The molecule has 5 nitrogen and oxygen atoms in total. The van der Waals surface area contributed by atoms with Gasteiger partial charge >= 0.3 is 0 Å². The molecule has 0 bridgehead atoms. The van der Waals surface area contributed by atoms with Gasteiger partial charge in [0.1, 0.15) is 12.4 Å². The lowest BCUT2D eigenvalue weighted by atomic mass is 10.2. The first-order valence-corrected chi connectivity index (χ1v) is 9.96. The highest BCUT2D eigenvalue weighted by Crippen LogP contribution is 2.23. The number of nitrogens with zero attached hydrogens (tertiary/aromatic N) is 3. The third-order valence-electron chi connectivity index (χ3n) is 4.25. The molecule has 0 aliphatic carbocycles. The second-order valence-electron chi connectivity index (χ2n) is 6.32. The fourth-order valence-corrected chi connectivity index (χ4v) is 3.73. The first-order valence-electron chi connectivity index (χ1n) is 8.70. The molecule has 7 heteroatoms. The van der Waals surface area contributed by atoms with Gasteiger partial charge in [0.2, 0.25) is 0 Å². The van der Waals surface area contributed by atoms with Crippen LogP contribution in [-0.4, -0.2) is 27.6 Å². The molecular weight excluding hydrogens is 382 g/mol. The molecule has 27 heavy (non-hydrogen) atoms. The number of hydrogen-bond acceptors (Lipinski definition) is 4. The Labute approximate surface area is 168 Å². The summed E-state index contributed by atoms with van der Waals surface area (Å²) < 4.78 is 7.70. The van der Waals surface area contributed by atoms with Crippen LogP contribution in [0.2, 0.25) is 5.02 Å². The monoisotopic (exact) mass is 403 g/mol. The van der Waals surface area contributed by atoms with Gasteiger partial charge in [-0.25, -0.2) is 0 Å². The summed E-state index contributed by atoms with van der Waals surface area (Å²) in [5.41, 5.74) is 2.97. The molecule has 0 N–H and O–H groups in total. The highest BCUT2D eigenvalue weighted by molar-refractivity contribution is 7.12. The van der Waals surface area contributed by atoms with E-state index in [1.165, 1.54) is 11.3 Å². The second kappa shape index (κ2) is 8.59. The molecule has 1 amide bonds. The molecule has 2 heterocycles. The minimum Gasteiger partial charge on any atom is -0.489 e. The Kier molecular flexibility index (Phi) is 6.19. The lowest BCUT2D eigenvalue weighted by molar-refractivity contribution is 0.0786. The Morgan fingerprint density at radius 2 is 2.15 bits per heavy atom. The number of amides is 1. The van der Waals surface area contributed by atoms with Gasteiger partial charge in [0.05, 0.1) is 17.1 Å². The van der Waals surface area contributed by atoms with Gasteiger partial charge in [-0.2, -0.15) is 5.10 Å². The molecule has 3 aromatic rings. The Balaban J connectivity index is 1.60. The molecule has 0 radical (unpaired) electrons. The van der Waals surface area contributed by atoms with Gasteiger partial charge in [-0.05, 0) is 55.1 Å². The number of thiophene rings is 1. The van der Waals surface area contributed by atoms with Crippen molar-refractivity contribution < 1.29 is 9.53 Å². The second-order valence-corrected chi connectivity index (χ2v) is 7.64. The van der Waals surface area contributed by atoms with E-state index in [4.69, 9.17) is 16.3 Å². The lowest BCUT2D eigenvalue weighted by Gasteiger charge is -2.16. The predicted molar refractivity (Wildman–Crippen MR) is 109 cm³/mol. The summed E-state index contributed by atoms with van der Waals surface area (Å²) >= 11 is 7.47. The zero-order valence-corrected chi connectivity index (χ0v) is 17.2. The maximum absolute atomic E-state index is 12.7. The first-order chi connectivity index (χ1) is 13.0. The number of ether oxygens (including phenoxy) is 1. The van der Waals surface area contributed by atoms with E-state index in [1.807, 2.05) is 61.3 Å². The van der Waals surface area contributed by atoms with Crippen molar-refractivity contribution in [2.75, 3.05) is 7.05 Å². The van der Waals surface area contributed by atoms with Crippen LogP contribution in [0, 0.1) is 6.92 Å². The zero-order chi connectivity index (χ0) is 19.4. The van der Waals surface area contributed by atoms with Gasteiger partial charge in [0.15, 0.2) is 0 Å². The molecule has 0 spiro atoms. The van der Waals surface area contributed by atoms with Crippen molar-refractivity contribution in [1.82, 2.24) is 14.7 Å².